The Kier molecular flexibility index (Phi) is 9.42. The summed E-state index contributed by atoms with van der Waals surface area (Å²) in [5.41, 5.74) is 2.71. The van der Waals surface area contributed by atoms with E-state index in [2.05, 4.69) is 10.6 Å². The summed E-state index contributed by atoms with van der Waals surface area (Å²) in [4.78, 5) is 36.3. The summed E-state index contributed by atoms with van der Waals surface area (Å²) < 4.78 is 5.81. The first-order chi connectivity index (χ1) is 16.9. The second kappa shape index (κ2) is 12.9. The smallest absolute Gasteiger partial charge is 0.326 e. The fraction of sp³-hybridized carbons (Fsp3) is 0.250. The molecule has 0 aliphatic heterocycles. The van der Waals surface area contributed by atoms with Crippen LogP contribution in [0.1, 0.15) is 42.5 Å². The molecule has 2 atom stereocenters. The molecule has 3 rings (SSSR count). The Morgan fingerprint density at radius 3 is 2.06 bits per heavy atom. The van der Waals surface area contributed by atoms with Gasteiger partial charge in [0, 0.05) is 19.3 Å². The summed E-state index contributed by atoms with van der Waals surface area (Å²) >= 11 is 0. The van der Waals surface area contributed by atoms with Crippen LogP contribution in [0.5, 0.6) is 5.75 Å². The maximum absolute atomic E-state index is 12.4. The maximum Gasteiger partial charge on any atom is 0.326 e. The third kappa shape index (κ3) is 8.62. The van der Waals surface area contributed by atoms with Gasteiger partial charge in [0.1, 0.15) is 18.4 Å². The van der Waals surface area contributed by atoms with E-state index in [1.54, 1.807) is 24.3 Å². The molecule has 2 amide bonds. The number of carboxylic acid groups (broad SMARTS) is 1. The lowest BCUT2D eigenvalue weighted by Gasteiger charge is -2.16. The van der Waals surface area contributed by atoms with Crippen molar-refractivity contribution in [3.05, 3.63) is 102 Å². The summed E-state index contributed by atoms with van der Waals surface area (Å²) in [5, 5.41) is 15.0. The van der Waals surface area contributed by atoms with E-state index in [4.69, 9.17) is 4.74 Å². The molecule has 3 aromatic rings. The zero-order valence-corrected chi connectivity index (χ0v) is 19.6. The predicted octanol–water partition coefficient (Wildman–Crippen LogP) is 4.04. The zero-order chi connectivity index (χ0) is 25.0. The average Bonchev–Trinajstić information content (AvgIpc) is 2.87. The Bertz CT molecular complexity index is 1120. The fourth-order valence-electron chi connectivity index (χ4n) is 3.57. The van der Waals surface area contributed by atoms with E-state index in [0.29, 0.717) is 12.4 Å². The maximum atomic E-state index is 12.4. The van der Waals surface area contributed by atoms with Gasteiger partial charge in [0.15, 0.2) is 0 Å². The normalized spacial score (nSPS) is 12.3. The third-order valence-electron chi connectivity index (χ3n) is 5.48. The Morgan fingerprint density at radius 1 is 0.800 bits per heavy atom. The van der Waals surface area contributed by atoms with E-state index in [1.807, 2.05) is 67.6 Å². The number of amides is 2. The first-order valence-electron chi connectivity index (χ1n) is 11.5. The van der Waals surface area contributed by atoms with Crippen molar-refractivity contribution < 1.29 is 24.2 Å². The Morgan fingerprint density at radius 2 is 1.40 bits per heavy atom. The van der Waals surface area contributed by atoms with E-state index in [0.717, 1.165) is 16.7 Å². The van der Waals surface area contributed by atoms with Gasteiger partial charge in [-0.3, -0.25) is 9.59 Å². The molecule has 3 N–H and O–H groups in total. The number of carbonyl (C=O) groups excluding carboxylic acids is 2. The lowest BCUT2D eigenvalue weighted by molar-refractivity contribution is -0.141. The molecule has 0 aliphatic carbocycles. The molecule has 0 saturated carbocycles. The Hall–Kier alpha value is -4.13. The summed E-state index contributed by atoms with van der Waals surface area (Å²) in [6.07, 6.45) is -0.0314. The lowest BCUT2D eigenvalue weighted by atomic mass is 10.1. The van der Waals surface area contributed by atoms with E-state index < -0.39 is 17.9 Å². The summed E-state index contributed by atoms with van der Waals surface area (Å²) in [5.74, 6) is -1.29. The first-order valence-corrected chi connectivity index (χ1v) is 11.5. The number of carboxylic acids is 1. The SMILES string of the molecule is C[C@@H](NC(=O)CCC(=O)N[C@@H](Cc1cccc(OCc2ccccc2)c1)C(=O)O)c1ccccc1. The van der Waals surface area contributed by atoms with Crippen LogP contribution in [0.15, 0.2) is 84.9 Å². The van der Waals surface area contributed by atoms with Crippen LogP contribution in [0, 0.1) is 0 Å². The molecule has 7 nitrogen and oxygen atoms in total. The van der Waals surface area contributed by atoms with Crippen LogP contribution < -0.4 is 15.4 Å². The van der Waals surface area contributed by atoms with Crippen molar-refractivity contribution in [2.45, 2.75) is 44.9 Å². The fourth-order valence-corrected chi connectivity index (χ4v) is 3.57. The molecule has 0 heterocycles. The topological polar surface area (TPSA) is 105 Å². The number of ether oxygens (including phenoxy) is 1. The van der Waals surface area contributed by atoms with Gasteiger partial charge >= 0.3 is 5.97 Å². The van der Waals surface area contributed by atoms with Gasteiger partial charge in [-0.2, -0.15) is 0 Å². The van der Waals surface area contributed by atoms with E-state index in [1.165, 1.54) is 0 Å². The molecular weight excluding hydrogens is 444 g/mol. The van der Waals surface area contributed by atoms with Crippen LogP contribution in [0.25, 0.3) is 0 Å². The monoisotopic (exact) mass is 474 g/mol. The number of benzene rings is 3. The first kappa shape index (κ1) is 25.5. The standard InChI is InChI=1S/C28H30N2O5/c1-20(23-12-6-3-7-13-23)29-26(31)15-16-27(32)30-25(28(33)34)18-22-11-8-14-24(17-22)35-19-21-9-4-2-5-10-21/h2-14,17,20,25H,15-16,18-19H2,1H3,(H,29,31)(H,30,32)(H,33,34)/t20-,25+/m1/s1. The number of aliphatic carboxylic acids is 1. The number of carbonyl (C=O) groups is 3. The molecule has 182 valence electrons. The van der Waals surface area contributed by atoms with Gasteiger partial charge in [-0.25, -0.2) is 4.79 Å². The number of rotatable bonds is 12. The number of nitrogens with one attached hydrogen (secondary N) is 2. The van der Waals surface area contributed by atoms with Crippen molar-refractivity contribution in [3.8, 4) is 5.75 Å². The van der Waals surface area contributed by atoms with Crippen LogP contribution in [-0.2, 0) is 27.4 Å². The van der Waals surface area contributed by atoms with Crippen molar-refractivity contribution in [2.75, 3.05) is 0 Å². The molecule has 0 bridgehead atoms. The average molecular weight is 475 g/mol. The van der Waals surface area contributed by atoms with Gasteiger partial charge in [-0.15, -0.1) is 0 Å². The zero-order valence-electron chi connectivity index (χ0n) is 19.6. The summed E-state index contributed by atoms with van der Waals surface area (Å²) in [6.45, 7) is 2.26. The van der Waals surface area contributed by atoms with Crippen LogP contribution >= 0.6 is 0 Å². The van der Waals surface area contributed by atoms with Crippen molar-refractivity contribution in [1.82, 2.24) is 10.6 Å². The second-order valence-corrected chi connectivity index (χ2v) is 8.28. The highest BCUT2D eigenvalue weighted by Crippen LogP contribution is 2.17. The molecule has 0 aliphatic rings. The molecule has 7 heteroatoms. The molecule has 0 aromatic heterocycles. The van der Waals surface area contributed by atoms with Gasteiger partial charge in [-0.05, 0) is 35.7 Å². The van der Waals surface area contributed by atoms with Crippen molar-refractivity contribution in [3.63, 3.8) is 0 Å². The second-order valence-electron chi connectivity index (χ2n) is 8.28. The van der Waals surface area contributed by atoms with Gasteiger partial charge < -0.3 is 20.5 Å². The predicted molar refractivity (Wildman–Crippen MR) is 133 cm³/mol. The molecule has 0 saturated heterocycles. The van der Waals surface area contributed by atoms with Gasteiger partial charge in [0.25, 0.3) is 0 Å². The highest BCUT2D eigenvalue weighted by atomic mass is 16.5. The largest absolute Gasteiger partial charge is 0.489 e. The van der Waals surface area contributed by atoms with Crippen LogP contribution in [0.3, 0.4) is 0 Å². The summed E-state index contributed by atoms with van der Waals surface area (Å²) in [7, 11) is 0. The van der Waals surface area contributed by atoms with E-state index in [9.17, 15) is 19.5 Å². The minimum Gasteiger partial charge on any atom is -0.489 e. The summed E-state index contributed by atoms with van der Waals surface area (Å²) in [6, 6.07) is 25.1. The van der Waals surface area contributed by atoms with E-state index >= 15 is 0 Å². The number of hydrogen-bond acceptors (Lipinski definition) is 4. The third-order valence-corrected chi connectivity index (χ3v) is 5.48. The molecular formula is C28H30N2O5. The van der Waals surface area contributed by atoms with E-state index in [-0.39, 0.29) is 31.2 Å². The molecule has 35 heavy (non-hydrogen) atoms. The minimum absolute atomic E-state index is 0.0296. The van der Waals surface area contributed by atoms with Crippen LogP contribution in [0.4, 0.5) is 0 Å². The minimum atomic E-state index is -1.14. The number of hydrogen-bond donors (Lipinski definition) is 3. The van der Waals surface area contributed by atoms with Gasteiger partial charge in [0.2, 0.25) is 11.8 Å². The van der Waals surface area contributed by atoms with Gasteiger partial charge in [-0.1, -0.05) is 72.8 Å². The molecule has 3 aromatic carbocycles. The Balaban J connectivity index is 1.48. The van der Waals surface area contributed by atoms with Crippen LogP contribution in [0.2, 0.25) is 0 Å². The lowest BCUT2D eigenvalue weighted by Crippen LogP contribution is -2.42. The van der Waals surface area contributed by atoms with Crippen molar-refractivity contribution in [1.29, 1.82) is 0 Å². The molecule has 0 radical (unpaired) electrons. The Labute approximate surface area is 205 Å². The van der Waals surface area contributed by atoms with Crippen LogP contribution in [-0.4, -0.2) is 28.9 Å². The van der Waals surface area contributed by atoms with Gasteiger partial charge in [0.05, 0.1) is 6.04 Å². The molecule has 0 unspecified atom stereocenters. The molecule has 0 spiro atoms. The quantitative estimate of drug-likeness (QED) is 0.368. The van der Waals surface area contributed by atoms with Crippen molar-refractivity contribution in [2.24, 2.45) is 0 Å². The molecule has 0 fully saturated rings. The van der Waals surface area contributed by atoms with Crippen molar-refractivity contribution >= 4 is 17.8 Å². The highest BCUT2D eigenvalue weighted by Gasteiger charge is 2.21. The highest BCUT2D eigenvalue weighted by molar-refractivity contribution is 5.87.